The van der Waals surface area contributed by atoms with Crippen LogP contribution in [0, 0.1) is 5.92 Å². The summed E-state index contributed by atoms with van der Waals surface area (Å²) in [6, 6.07) is 0. The number of aryl methyl sites for hydroxylation is 1. The molecule has 2 N–H and O–H groups in total. The largest absolute Gasteiger partial charge is 0.325 e. The molecule has 0 radical (unpaired) electrons. The van der Waals surface area contributed by atoms with Crippen molar-refractivity contribution in [3.05, 3.63) is 11.6 Å². The first-order valence-electron chi connectivity index (χ1n) is 5.45. The predicted octanol–water partition coefficient (Wildman–Crippen LogP) is 1.29. The Morgan fingerprint density at radius 3 is 2.47 bits per heavy atom. The van der Waals surface area contributed by atoms with Crippen LogP contribution in [-0.4, -0.2) is 20.3 Å². The molecule has 15 heavy (non-hydrogen) atoms. The van der Waals surface area contributed by atoms with Crippen molar-refractivity contribution in [2.75, 3.05) is 0 Å². The smallest absolute Gasteiger partial charge is 0.151 e. The number of nitrogens with zero attached hydrogens (tertiary/aromatic N) is 3. The summed E-state index contributed by atoms with van der Waals surface area (Å²) in [5.41, 5.74) is 5.74. The van der Waals surface area contributed by atoms with E-state index in [0.717, 1.165) is 24.5 Å². The number of hydrogen-bond acceptors (Lipinski definition) is 3. The molecule has 4 heteroatoms. The second-order valence-electron chi connectivity index (χ2n) is 5.33. The third-order valence-corrected chi connectivity index (χ3v) is 2.10. The fourth-order valence-corrected chi connectivity index (χ4v) is 1.49. The maximum Gasteiger partial charge on any atom is 0.151 e. The van der Waals surface area contributed by atoms with Crippen molar-refractivity contribution in [2.45, 2.75) is 46.1 Å². The average molecular weight is 210 g/mol. The van der Waals surface area contributed by atoms with Crippen LogP contribution in [0.3, 0.4) is 0 Å². The van der Waals surface area contributed by atoms with Crippen LogP contribution in [0.4, 0.5) is 0 Å². The molecule has 0 unspecified atom stereocenters. The second-order valence-corrected chi connectivity index (χ2v) is 5.33. The number of hydrogen-bond donors (Lipinski definition) is 1. The minimum Gasteiger partial charge on any atom is -0.325 e. The van der Waals surface area contributed by atoms with Gasteiger partial charge in [0.05, 0.1) is 0 Å². The molecule has 0 saturated carbocycles. The third-order valence-electron chi connectivity index (χ3n) is 2.10. The highest BCUT2D eigenvalue weighted by Crippen LogP contribution is 2.09. The zero-order chi connectivity index (χ0) is 11.6. The Kier molecular flexibility index (Phi) is 3.50. The lowest BCUT2D eigenvalue weighted by Crippen LogP contribution is -2.35. The van der Waals surface area contributed by atoms with Crippen LogP contribution in [0.25, 0.3) is 0 Å². The molecule has 0 amide bonds. The van der Waals surface area contributed by atoms with Gasteiger partial charge in [0.25, 0.3) is 0 Å². The molecule has 4 nitrogen and oxygen atoms in total. The quantitative estimate of drug-likeness (QED) is 0.814. The van der Waals surface area contributed by atoms with E-state index in [1.165, 1.54) is 0 Å². The Balaban J connectivity index is 2.78. The SMILES string of the molecule is CC(C)Cc1nc(CC(C)(C)N)n(C)n1. The van der Waals surface area contributed by atoms with E-state index >= 15 is 0 Å². The first-order chi connectivity index (χ1) is 6.78. The Labute approximate surface area is 91.9 Å². The monoisotopic (exact) mass is 210 g/mol. The maximum absolute atomic E-state index is 5.97. The van der Waals surface area contributed by atoms with Gasteiger partial charge in [-0.25, -0.2) is 4.98 Å². The summed E-state index contributed by atoms with van der Waals surface area (Å²) in [6.07, 6.45) is 1.69. The lowest BCUT2D eigenvalue weighted by Gasteiger charge is -2.16. The first kappa shape index (κ1) is 12.2. The lowest BCUT2D eigenvalue weighted by molar-refractivity contribution is 0.488. The molecule has 0 spiro atoms. The van der Waals surface area contributed by atoms with E-state index in [9.17, 15) is 0 Å². The van der Waals surface area contributed by atoms with Crippen molar-refractivity contribution >= 4 is 0 Å². The summed E-state index contributed by atoms with van der Waals surface area (Å²) in [5.74, 6) is 2.48. The Bertz CT molecular complexity index is 320. The molecule has 86 valence electrons. The molecular weight excluding hydrogens is 188 g/mol. The molecule has 1 aromatic rings. The van der Waals surface area contributed by atoms with Gasteiger partial charge in [-0.15, -0.1) is 0 Å². The zero-order valence-electron chi connectivity index (χ0n) is 10.4. The van der Waals surface area contributed by atoms with Gasteiger partial charge in [-0.2, -0.15) is 5.10 Å². The third kappa shape index (κ3) is 4.00. The molecule has 0 aliphatic rings. The van der Waals surface area contributed by atoms with E-state index in [1.807, 2.05) is 25.6 Å². The fraction of sp³-hybridized carbons (Fsp3) is 0.818. The molecule has 1 rings (SSSR count). The van der Waals surface area contributed by atoms with E-state index in [2.05, 4.69) is 23.9 Å². The highest BCUT2D eigenvalue weighted by atomic mass is 15.3. The van der Waals surface area contributed by atoms with E-state index in [-0.39, 0.29) is 5.54 Å². The molecule has 1 heterocycles. The predicted molar refractivity (Wildman–Crippen MR) is 61.5 cm³/mol. The van der Waals surface area contributed by atoms with Gasteiger partial charge in [0, 0.05) is 25.4 Å². The summed E-state index contributed by atoms with van der Waals surface area (Å²) in [6.45, 7) is 8.35. The van der Waals surface area contributed by atoms with Crippen LogP contribution < -0.4 is 5.73 Å². The number of aromatic nitrogens is 3. The first-order valence-corrected chi connectivity index (χ1v) is 5.45. The summed E-state index contributed by atoms with van der Waals surface area (Å²) < 4.78 is 1.84. The van der Waals surface area contributed by atoms with Crippen molar-refractivity contribution in [1.82, 2.24) is 14.8 Å². The van der Waals surface area contributed by atoms with Gasteiger partial charge in [0.1, 0.15) is 5.82 Å². The average Bonchev–Trinajstić information content (AvgIpc) is 2.26. The van der Waals surface area contributed by atoms with Crippen LogP contribution in [0.2, 0.25) is 0 Å². The molecule has 0 aliphatic carbocycles. The zero-order valence-corrected chi connectivity index (χ0v) is 10.4. The van der Waals surface area contributed by atoms with Crippen molar-refractivity contribution in [2.24, 2.45) is 18.7 Å². The normalized spacial score (nSPS) is 12.5. The van der Waals surface area contributed by atoms with Crippen molar-refractivity contribution in [1.29, 1.82) is 0 Å². The molecule has 1 aromatic heterocycles. The Morgan fingerprint density at radius 2 is 2.00 bits per heavy atom. The minimum absolute atomic E-state index is 0.226. The van der Waals surface area contributed by atoms with Gasteiger partial charge in [0.2, 0.25) is 0 Å². The highest BCUT2D eigenvalue weighted by Gasteiger charge is 2.17. The van der Waals surface area contributed by atoms with Crippen molar-refractivity contribution in [3.63, 3.8) is 0 Å². The van der Waals surface area contributed by atoms with Crippen LogP contribution in [0.15, 0.2) is 0 Å². The standard InChI is InChI=1S/C11H22N4/c1-8(2)6-9-13-10(15(5)14-9)7-11(3,4)12/h8H,6-7,12H2,1-5H3. The fourth-order valence-electron chi connectivity index (χ4n) is 1.49. The highest BCUT2D eigenvalue weighted by molar-refractivity contribution is 4.98. The Hall–Kier alpha value is -0.900. The summed E-state index contributed by atoms with van der Waals surface area (Å²) in [5, 5.41) is 4.38. The van der Waals surface area contributed by atoms with Gasteiger partial charge in [0.15, 0.2) is 5.82 Å². The van der Waals surface area contributed by atoms with E-state index in [4.69, 9.17) is 5.73 Å². The molecule has 0 aliphatic heterocycles. The summed E-state index contributed by atoms with van der Waals surface area (Å²) in [4.78, 5) is 4.51. The van der Waals surface area contributed by atoms with Crippen LogP contribution in [-0.2, 0) is 19.9 Å². The lowest BCUT2D eigenvalue weighted by atomic mass is 10.0. The van der Waals surface area contributed by atoms with Gasteiger partial charge in [-0.1, -0.05) is 13.8 Å². The molecule has 0 saturated heterocycles. The van der Waals surface area contributed by atoms with Gasteiger partial charge in [-0.3, -0.25) is 4.68 Å². The van der Waals surface area contributed by atoms with Gasteiger partial charge < -0.3 is 5.73 Å². The Morgan fingerprint density at radius 1 is 1.40 bits per heavy atom. The summed E-state index contributed by atoms with van der Waals surface area (Å²) in [7, 11) is 1.93. The molecule has 0 aromatic carbocycles. The van der Waals surface area contributed by atoms with Crippen LogP contribution >= 0.6 is 0 Å². The van der Waals surface area contributed by atoms with Crippen molar-refractivity contribution < 1.29 is 0 Å². The molecule has 0 bridgehead atoms. The van der Waals surface area contributed by atoms with E-state index in [1.54, 1.807) is 0 Å². The summed E-state index contributed by atoms with van der Waals surface area (Å²) >= 11 is 0. The van der Waals surface area contributed by atoms with Crippen LogP contribution in [0.1, 0.15) is 39.3 Å². The van der Waals surface area contributed by atoms with Gasteiger partial charge >= 0.3 is 0 Å². The van der Waals surface area contributed by atoms with Gasteiger partial charge in [-0.05, 0) is 19.8 Å². The van der Waals surface area contributed by atoms with E-state index in [0.29, 0.717) is 5.92 Å². The number of nitrogens with two attached hydrogens (primary N) is 1. The second kappa shape index (κ2) is 4.31. The van der Waals surface area contributed by atoms with E-state index < -0.39 is 0 Å². The maximum atomic E-state index is 5.97. The minimum atomic E-state index is -0.226. The number of rotatable bonds is 4. The molecule has 0 atom stereocenters. The van der Waals surface area contributed by atoms with Crippen molar-refractivity contribution in [3.8, 4) is 0 Å². The molecule has 0 fully saturated rings. The molecular formula is C11H22N4. The van der Waals surface area contributed by atoms with Crippen LogP contribution in [0.5, 0.6) is 0 Å². The topological polar surface area (TPSA) is 56.7 Å².